The van der Waals surface area contributed by atoms with Crippen molar-refractivity contribution in [3.63, 3.8) is 0 Å². The number of amides is 1. The molecule has 0 saturated carbocycles. The number of carboxylic acid groups (broad SMARTS) is 1. The first kappa shape index (κ1) is 17.3. The summed E-state index contributed by atoms with van der Waals surface area (Å²) in [4.78, 5) is 22.7. The van der Waals surface area contributed by atoms with Gasteiger partial charge in [-0.15, -0.1) is 11.3 Å². The summed E-state index contributed by atoms with van der Waals surface area (Å²) < 4.78 is 24.2. The molecule has 116 valence electrons. The van der Waals surface area contributed by atoms with Crippen molar-refractivity contribution in [2.75, 3.05) is 26.4 Å². The zero-order chi connectivity index (χ0) is 16.0. The number of nitrogens with one attached hydrogen (secondary N) is 1. The van der Waals surface area contributed by atoms with Gasteiger partial charge < -0.3 is 10.4 Å². The van der Waals surface area contributed by atoms with Gasteiger partial charge in [0, 0.05) is 26.7 Å². The van der Waals surface area contributed by atoms with Crippen LogP contribution in [0, 0.1) is 0 Å². The molecule has 2 N–H and O–H groups in total. The molecule has 7 nitrogen and oxygen atoms in total. The Kier molecular flexibility index (Phi) is 6.06. The Morgan fingerprint density at radius 3 is 2.67 bits per heavy atom. The first-order valence-electron chi connectivity index (χ1n) is 5.91. The molecule has 1 heterocycles. The predicted octanol–water partition coefficient (Wildman–Crippen LogP) is 0.467. The van der Waals surface area contributed by atoms with Crippen LogP contribution in [0.3, 0.4) is 0 Å². The molecule has 21 heavy (non-hydrogen) atoms. The lowest BCUT2D eigenvalue weighted by Gasteiger charge is -2.11. The summed E-state index contributed by atoms with van der Waals surface area (Å²) in [6.45, 7) is -0.0146. The van der Waals surface area contributed by atoms with Crippen LogP contribution in [0.2, 0.25) is 0 Å². The molecule has 0 aliphatic heterocycles. The van der Waals surface area contributed by atoms with Crippen LogP contribution in [0.15, 0.2) is 17.5 Å². The third-order valence-electron chi connectivity index (χ3n) is 2.51. The highest BCUT2D eigenvalue weighted by Gasteiger charge is 2.15. The van der Waals surface area contributed by atoms with Crippen molar-refractivity contribution in [3.05, 3.63) is 28.0 Å². The lowest BCUT2D eigenvalue weighted by molar-refractivity contribution is -0.131. The SMILES string of the molecule is CN(C)S(=O)(=O)CCNC(=O)c1sccc1/C=C/C(=O)O. The normalized spacial score (nSPS) is 12.0. The van der Waals surface area contributed by atoms with Gasteiger partial charge in [0.2, 0.25) is 10.0 Å². The van der Waals surface area contributed by atoms with Crippen LogP contribution in [0.5, 0.6) is 0 Å². The van der Waals surface area contributed by atoms with Crippen molar-refractivity contribution in [1.82, 2.24) is 9.62 Å². The number of aliphatic carboxylic acids is 1. The fourth-order valence-electron chi connectivity index (χ4n) is 1.35. The molecule has 0 fully saturated rings. The first-order chi connectivity index (χ1) is 9.74. The van der Waals surface area contributed by atoms with Gasteiger partial charge in [-0.1, -0.05) is 0 Å². The fourth-order valence-corrected chi connectivity index (χ4v) is 2.88. The molecule has 0 aromatic carbocycles. The Morgan fingerprint density at radius 1 is 1.43 bits per heavy atom. The van der Waals surface area contributed by atoms with Gasteiger partial charge >= 0.3 is 5.97 Å². The molecule has 0 unspecified atom stereocenters. The molecule has 0 aliphatic carbocycles. The molecule has 0 saturated heterocycles. The van der Waals surface area contributed by atoms with Crippen molar-refractivity contribution in [3.8, 4) is 0 Å². The van der Waals surface area contributed by atoms with Crippen LogP contribution >= 0.6 is 11.3 Å². The van der Waals surface area contributed by atoms with Crippen molar-refractivity contribution >= 4 is 39.3 Å². The lowest BCUT2D eigenvalue weighted by Crippen LogP contribution is -2.33. The number of thiophene rings is 1. The van der Waals surface area contributed by atoms with Crippen LogP contribution in [0.4, 0.5) is 0 Å². The Morgan fingerprint density at radius 2 is 2.10 bits per heavy atom. The van der Waals surface area contributed by atoms with E-state index in [2.05, 4.69) is 5.32 Å². The average molecular weight is 332 g/mol. The number of hydrogen-bond acceptors (Lipinski definition) is 5. The summed E-state index contributed by atoms with van der Waals surface area (Å²) in [5.74, 6) is -1.73. The summed E-state index contributed by atoms with van der Waals surface area (Å²) in [6, 6.07) is 1.62. The standard InChI is InChI=1S/C12H16N2O5S2/c1-14(2)21(18,19)8-6-13-12(17)11-9(5-7-20-11)3-4-10(15)16/h3-5,7H,6,8H2,1-2H3,(H,13,17)(H,15,16)/b4-3+. The van der Waals surface area contributed by atoms with E-state index in [1.165, 1.54) is 20.2 Å². The number of carbonyl (C=O) groups is 2. The van der Waals surface area contributed by atoms with Crippen molar-refractivity contribution in [2.24, 2.45) is 0 Å². The van der Waals surface area contributed by atoms with E-state index in [4.69, 9.17) is 5.11 Å². The minimum Gasteiger partial charge on any atom is -0.478 e. The summed E-state index contributed by atoms with van der Waals surface area (Å²) in [6.07, 6.45) is 2.26. The minimum absolute atomic E-state index is 0.0146. The van der Waals surface area contributed by atoms with Crippen LogP contribution < -0.4 is 5.32 Å². The predicted molar refractivity (Wildman–Crippen MR) is 80.8 cm³/mol. The maximum Gasteiger partial charge on any atom is 0.328 e. The van der Waals surface area contributed by atoms with Gasteiger partial charge in [0.1, 0.15) is 0 Å². The quantitative estimate of drug-likeness (QED) is 0.706. The van der Waals surface area contributed by atoms with E-state index >= 15 is 0 Å². The van der Waals surface area contributed by atoms with Gasteiger partial charge in [-0.05, 0) is 23.1 Å². The summed E-state index contributed by atoms with van der Waals surface area (Å²) in [5, 5.41) is 12.7. The van der Waals surface area contributed by atoms with E-state index < -0.39 is 21.9 Å². The summed E-state index contributed by atoms with van der Waals surface area (Å²) in [7, 11) is -0.520. The van der Waals surface area contributed by atoms with Crippen LogP contribution in [-0.2, 0) is 14.8 Å². The van der Waals surface area contributed by atoms with Crippen molar-refractivity contribution < 1.29 is 23.1 Å². The van der Waals surface area contributed by atoms with Crippen LogP contribution in [0.1, 0.15) is 15.2 Å². The number of carboxylic acids is 1. The smallest absolute Gasteiger partial charge is 0.328 e. The highest BCUT2D eigenvalue weighted by molar-refractivity contribution is 7.89. The molecular formula is C12H16N2O5S2. The zero-order valence-corrected chi connectivity index (χ0v) is 13.2. The van der Waals surface area contributed by atoms with E-state index in [-0.39, 0.29) is 12.3 Å². The van der Waals surface area contributed by atoms with Gasteiger partial charge in [-0.2, -0.15) is 0 Å². The maximum absolute atomic E-state index is 11.9. The van der Waals surface area contributed by atoms with Crippen molar-refractivity contribution in [1.29, 1.82) is 0 Å². The number of rotatable bonds is 7. The van der Waals surface area contributed by atoms with Crippen LogP contribution in [0.25, 0.3) is 6.08 Å². The molecule has 1 aromatic rings. The highest BCUT2D eigenvalue weighted by Crippen LogP contribution is 2.18. The Hall–Kier alpha value is -1.71. The van der Waals surface area contributed by atoms with E-state index in [9.17, 15) is 18.0 Å². The van der Waals surface area contributed by atoms with Gasteiger partial charge in [0.05, 0.1) is 10.6 Å². The van der Waals surface area contributed by atoms with Crippen LogP contribution in [-0.4, -0.2) is 56.1 Å². The number of sulfonamides is 1. The Bertz CT molecular complexity index is 646. The Labute approximate surface area is 126 Å². The minimum atomic E-state index is -3.36. The van der Waals surface area contributed by atoms with Gasteiger partial charge in [-0.3, -0.25) is 4.79 Å². The number of carbonyl (C=O) groups excluding carboxylic acids is 1. The van der Waals surface area contributed by atoms with Gasteiger partial charge in [0.15, 0.2) is 0 Å². The molecule has 0 aliphatic rings. The third kappa shape index (κ3) is 5.29. The largest absolute Gasteiger partial charge is 0.478 e. The number of hydrogen-bond donors (Lipinski definition) is 2. The van der Waals surface area contributed by atoms with E-state index in [1.54, 1.807) is 11.4 Å². The molecule has 1 amide bonds. The maximum atomic E-state index is 11.9. The topological polar surface area (TPSA) is 104 Å². The van der Waals surface area contributed by atoms with Gasteiger partial charge in [-0.25, -0.2) is 17.5 Å². The molecule has 1 aromatic heterocycles. The molecule has 0 radical (unpaired) electrons. The average Bonchev–Trinajstić information content (AvgIpc) is 2.84. The molecule has 0 spiro atoms. The molecule has 0 bridgehead atoms. The second-order valence-corrected chi connectivity index (χ2v) is 7.45. The Balaban J connectivity index is 2.66. The fraction of sp³-hybridized carbons (Fsp3) is 0.333. The van der Waals surface area contributed by atoms with E-state index in [1.807, 2.05) is 0 Å². The molecular weight excluding hydrogens is 316 g/mol. The second kappa shape index (κ2) is 7.34. The lowest BCUT2D eigenvalue weighted by atomic mass is 10.2. The molecule has 1 rings (SSSR count). The molecule has 0 atom stereocenters. The van der Waals surface area contributed by atoms with E-state index in [0.29, 0.717) is 10.4 Å². The number of nitrogens with zero attached hydrogens (tertiary/aromatic N) is 1. The summed E-state index contributed by atoms with van der Waals surface area (Å²) >= 11 is 1.16. The molecule has 9 heteroatoms. The monoisotopic (exact) mass is 332 g/mol. The van der Waals surface area contributed by atoms with Gasteiger partial charge in [0.25, 0.3) is 5.91 Å². The summed E-state index contributed by atoms with van der Waals surface area (Å²) in [5.41, 5.74) is 0.482. The van der Waals surface area contributed by atoms with E-state index in [0.717, 1.165) is 21.7 Å². The third-order valence-corrected chi connectivity index (χ3v) is 5.27. The highest BCUT2D eigenvalue weighted by atomic mass is 32.2. The first-order valence-corrected chi connectivity index (χ1v) is 8.40. The zero-order valence-electron chi connectivity index (χ0n) is 11.6. The van der Waals surface area contributed by atoms with Crippen molar-refractivity contribution in [2.45, 2.75) is 0 Å². The second-order valence-electron chi connectivity index (χ2n) is 4.23.